The number of nitrogens with one attached hydrogen (secondary N) is 1. The number of nitrogens with two attached hydrogens (primary N) is 1. The number of oxime groups is 1. The van der Waals surface area contributed by atoms with Crippen LogP contribution in [0.15, 0.2) is 53.1 Å². The molecule has 4 rings (SSSR count). The van der Waals surface area contributed by atoms with Gasteiger partial charge in [0.25, 0.3) is 5.91 Å². The van der Waals surface area contributed by atoms with Gasteiger partial charge in [-0.2, -0.15) is 0 Å². The molecule has 0 aliphatic carbocycles. The van der Waals surface area contributed by atoms with E-state index in [1.165, 1.54) is 22.7 Å². The molecule has 2 aromatic heterocycles. The maximum atomic E-state index is 13.0. The van der Waals surface area contributed by atoms with Gasteiger partial charge in [-0.15, -0.1) is 34.9 Å². The number of thioether (sulfide) groups is 2. The van der Waals surface area contributed by atoms with Crippen molar-refractivity contribution in [1.29, 1.82) is 0 Å². The van der Waals surface area contributed by atoms with Crippen molar-refractivity contribution in [3.63, 3.8) is 0 Å². The first-order chi connectivity index (χ1) is 17.3. The summed E-state index contributed by atoms with van der Waals surface area (Å²) in [7, 11) is 0. The third-order valence-corrected chi connectivity index (χ3v) is 8.85. The predicted octanol–water partition coefficient (Wildman–Crippen LogP) is 1.65. The van der Waals surface area contributed by atoms with Crippen LogP contribution in [-0.4, -0.2) is 78.5 Å². The minimum Gasteiger partial charge on any atom is -0.480 e. The largest absolute Gasteiger partial charge is 0.480 e. The molecule has 0 spiro atoms. The highest BCUT2D eigenvalue weighted by Gasteiger charge is 2.57. The standard InChI is InChI=1S/C22H22N6O5S3/c1-2-7-33-27-15(14-10-34-21(23)25-14)17(29)26-16-18(30)28-11-22(20(31)32,12-35-19(16)28)36-8-5-13-4-3-6-24-9-13/h2-6,8-10,16,19H,1,7,11-12H2,(H2,23,25)(H,26,29)(H,31,32)/t16?,19-,22?/m1/s1. The average Bonchev–Trinajstić information content (AvgIpc) is 3.31. The lowest BCUT2D eigenvalue weighted by atomic mass is 10.0. The second kappa shape index (κ2) is 11.1. The number of amides is 2. The van der Waals surface area contributed by atoms with Crippen LogP contribution >= 0.6 is 34.9 Å². The topological polar surface area (TPSA) is 160 Å². The smallest absolute Gasteiger partial charge is 0.322 e. The lowest BCUT2D eigenvalue weighted by molar-refractivity contribution is -0.151. The van der Waals surface area contributed by atoms with Gasteiger partial charge in [-0.1, -0.05) is 23.9 Å². The Hall–Kier alpha value is -3.36. The normalized spacial score (nSPS) is 23.6. The molecule has 2 aliphatic heterocycles. The molecule has 0 bridgehead atoms. The zero-order chi connectivity index (χ0) is 25.7. The first-order valence-corrected chi connectivity index (χ1v) is 13.4. The minimum atomic E-state index is -1.21. The number of pyridine rings is 1. The highest BCUT2D eigenvalue weighted by Crippen LogP contribution is 2.44. The molecule has 3 atom stereocenters. The molecule has 36 heavy (non-hydrogen) atoms. The maximum Gasteiger partial charge on any atom is 0.322 e. The van der Waals surface area contributed by atoms with E-state index in [0.717, 1.165) is 28.7 Å². The lowest BCUT2D eigenvalue weighted by Gasteiger charge is -2.53. The number of nitrogens with zero attached hydrogens (tertiary/aromatic N) is 4. The quantitative estimate of drug-likeness (QED) is 0.131. The first-order valence-electron chi connectivity index (χ1n) is 10.6. The summed E-state index contributed by atoms with van der Waals surface area (Å²) in [5.41, 5.74) is 6.62. The molecule has 188 valence electrons. The van der Waals surface area contributed by atoms with Crippen molar-refractivity contribution >= 4 is 69.6 Å². The average molecular weight is 547 g/mol. The number of aliphatic carboxylic acids is 1. The van der Waals surface area contributed by atoms with Crippen LogP contribution in [0.25, 0.3) is 6.08 Å². The van der Waals surface area contributed by atoms with Crippen LogP contribution in [0.3, 0.4) is 0 Å². The Balaban J connectivity index is 1.43. The second-order valence-corrected chi connectivity index (χ2v) is 11.0. The van der Waals surface area contributed by atoms with Crippen molar-refractivity contribution in [2.75, 3.05) is 24.6 Å². The van der Waals surface area contributed by atoms with E-state index in [1.807, 2.05) is 6.07 Å². The number of carbonyl (C=O) groups excluding carboxylic acids is 2. The van der Waals surface area contributed by atoms with Gasteiger partial charge >= 0.3 is 5.97 Å². The molecule has 0 aromatic carbocycles. The van der Waals surface area contributed by atoms with Gasteiger partial charge in [-0.3, -0.25) is 19.4 Å². The van der Waals surface area contributed by atoms with Crippen LogP contribution in [0, 0.1) is 0 Å². The van der Waals surface area contributed by atoms with Gasteiger partial charge in [-0.25, -0.2) is 4.98 Å². The van der Waals surface area contributed by atoms with Gasteiger partial charge in [0.15, 0.2) is 10.8 Å². The van der Waals surface area contributed by atoms with Gasteiger partial charge in [0, 0.05) is 30.1 Å². The third-order valence-electron chi connectivity index (χ3n) is 5.30. The molecular formula is C22H22N6O5S3. The first kappa shape index (κ1) is 25.7. The van der Waals surface area contributed by atoms with Crippen LogP contribution in [-0.2, 0) is 19.2 Å². The fourth-order valence-electron chi connectivity index (χ4n) is 3.49. The number of rotatable bonds is 10. The highest BCUT2D eigenvalue weighted by atomic mass is 32.2. The zero-order valence-corrected chi connectivity index (χ0v) is 21.2. The summed E-state index contributed by atoms with van der Waals surface area (Å²) >= 11 is 3.59. The summed E-state index contributed by atoms with van der Waals surface area (Å²) in [6.07, 6.45) is 6.57. The van der Waals surface area contributed by atoms with E-state index in [2.05, 4.69) is 27.0 Å². The monoisotopic (exact) mass is 546 g/mol. The van der Waals surface area contributed by atoms with E-state index in [0.29, 0.717) is 0 Å². The molecule has 2 aromatic rings. The van der Waals surface area contributed by atoms with Crippen molar-refractivity contribution < 1.29 is 24.3 Å². The van der Waals surface area contributed by atoms with Gasteiger partial charge in [0.05, 0.1) is 0 Å². The molecule has 2 saturated heterocycles. The number of carboxylic acid groups (broad SMARTS) is 1. The summed E-state index contributed by atoms with van der Waals surface area (Å²) in [6, 6.07) is 2.82. The van der Waals surface area contributed by atoms with E-state index >= 15 is 0 Å². The molecule has 4 heterocycles. The second-order valence-electron chi connectivity index (χ2n) is 7.72. The number of anilines is 1. The van der Waals surface area contributed by atoms with Crippen LogP contribution < -0.4 is 11.1 Å². The van der Waals surface area contributed by atoms with Crippen molar-refractivity contribution in [3.8, 4) is 0 Å². The number of nitrogen functional groups attached to an aromatic ring is 1. The summed E-state index contributed by atoms with van der Waals surface area (Å²) in [5, 5.41) is 19.6. The Kier molecular flexibility index (Phi) is 7.96. The van der Waals surface area contributed by atoms with Gasteiger partial charge in [0.2, 0.25) is 5.91 Å². The number of aromatic nitrogens is 2. The molecule has 2 fully saturated rings. The number of carboxylic acids is 1. The van der Waals surface area contributed by atoms with Gasteiger partial charge < -0.3 is 25.9 Å². The number of hydrogen-bond acceptors (Lipinski definition) is 11. The van der Waals surface area contributed by atoms with E-state index in [4.69, 9.17) is 10.6 Å². The molecule has 0 radical (unpaired) electrons. The summed E-state index contributed by atoms with van der Waals surface area (Å²) in [4.78, 5) is 52.7. The number of β-lactam (4-membered cyclic amide) rings is 1. The third kappa shape index (κ3) is 5.39. The Labute approximate surface area is 218 Å². The molecule has 2 amide bonds. The zero-order valence-electron chi connectivity index (χ0n) is 18.8. The van der Waals surface area contributed by atoms with Crippen LogP contribution in [0.5, 0.6) is 0 Å². The Morgan fingerprint density at radius 2 is 2.33 bits per heavy atom. The van der Waals surface area contributed by atoms with Crippen molar-refractivity contribution in [2.24, 2.45) is 5.16 Å². The lowest BCUT2D eigenvalue weighted by Crippen LogP contribution is -2.74. The number of hydrogen-bond donors (Lipinski definition) is 3. The SMILES string of the molecule is C=CCON=C(C(=O)NC1C(=O)N2CC(SC=Cc3cccnc3)(C(=O)O)CS[C@H]12)c1csc(N)n1. The minimum absolute atomic E-state index is 0.0132. The number of thiazole rings is 1. The van der Waals surface area contributed by atoms with Crippen LogP contribution in [0.2, 0.25) is 0 Å². The molecule has 0 saturated carbocycles. The van der Waals surface area contributed by atoms with Crippen molar-refractivity contribution in [3.05, 3.63) is 59.2 Å². The molecule has 4 N–H and O–H groups in total. The number of fused-ring (bicyclic) bond motifs is 1. The number of carbonyl (C=O) groups is 3. The van der Waals surface area contributed by atoms with E-state index in [-0.39, 0.29) is 41.3 Å². The Morgan fingerprint density at radius 1 is 1.50 bits per heavy atom. The summed E-state index contributed by atoms with van der Waals surface area (Å²) < 4.78 is -1.21. The molecule has 2 unspecified atom stereocenters. The fraction of sp³-hybridized carbons (Fsp3) is 0.273. The Morgan fingerprint density at radius 3 is 3.00 bits per heavy atom. The summed E-state index contributed by atoms with van der Waals surface area (Å²) in [6.45, 7) is 3.62. The molecular weight excluding hydrogens is 524 g/mol. The van der Waals surface area contributed by atoms with Crippen molar-refractivity contribution in [2.45, 2.75) is 16.2 Å². The van der Waals surface area contributed by atoms with Crippen LogP contribution in [0.4, 0.5) is 5.13 Å². The van der Waals surface area contributed by atoms with Crippen LogP contribution in [0.1, 0.15) is 11.3 Å². The van der Waals surface area contributed by atoms with E-state index in [9.17, 15) is 19.5 Å². The van der Waals surface area contributed by atoms with Crippen molar-refractivity contribution in [1.82, 2.24) is 20.2 Å². The van der Waals surface area contributed by atoms with Gasteiger partial charge in [-0.05, 0) is 23.1 Å². The molecule has 11 nitrogen and oxygen atoms in total. The summed E-state index contributed by atoms with van der Waals surface area (Å²) in [5.74, 6) is -1.78. The molecule has 2 aliphatic rings. The van der Waals surface area contributed by atoms with Gasteiger partial charge in [0.1, 0.15) is 28.5 Å². The maximum absolute atomic E-state index is 13.0. The predicted molar refractivity (Wildman–Crippen MR) is 140 cm³/mol. The van der Waals surface area contributed by atoms with E-state index < -0.39 is 28.0 Å². The highest BCUT2D eigenvalue weighted by molar-refractivity contribution is 8.06. The fourth-order valence-corrected chi connectivity index (χ4v) is 6.70. The van der Waals surface area contributed by atoms with E-state index in [1.54, 1.807) is 35.3 Å². The Bertz CT molecular complexity index is 1220. The molecule has 14 heteroatoms.